The third-order valence-corrected chi connectivity index (χ3v) is 10.3. The molecule has 3 atom stereocenters. The zero-order valence-electron chi connectivity index (χ0n) is 20.4. The number of aromatic nitrogens is 1. The average Bonchev–Trinajstić information content (AvgIpc) is 3.38. The van der Waals surface area contributed by atoms with E-state index in [1.807, 2.05) is 0 Å². The van der Waals surface area contributed by atoms with Gasteiger partial charge in [-0.25, -0.2) is 4.90 Å². The number of phenolic OH excluding ortho intramolecular Hbond substituents is 1. The van der Waals surface area contributed by atoms with Crippen LogP contribution < -0.4 is 15.1 Å². The molecule has 0 saturated carbocycles. The summed E-state index contributed by atoms with van der Waals surface area (Å²) in [5.74, 6) is -2.77. The lowest BCUT2D eigenvalue weighted by atomic mass is 9.83. The summed E-state index contributed by atoms with van der Waals surface area (Å²) in [6.45, 7) is -0.309. The van der Waals surface area contributed by atoms with Crippen LogP contribution in [0.2, 0.25) is 10.0 Å². The number of thioether (sulfide) groups is 1. The number of imide groups is 1. The van der Waals surface area contributed by atoms with Crippen LogP contribution in [0.5, 0.6) is 5.75 Å². The number of halogens is 2. The molecule has 3 amide bonds. The molecule has 8 nitrogen and oxygen atoms in total. The number of fused-ring (bicyclic) bond motifs is 2. The Balaban J connectivity index is 1.44. The quantitative estimate of drug-likeness (QED) is 0.232. The van der Waals surface area contributed by atoms with Gasteiger partial charge < -0.3 is 10.4 Å². The van der Waals surface area contributed by atoms with E-state index in [1.165, 1.54) is 33.7 Å². The molecule has 0 bridgehead atoms. The molecular formula is C28H19Cl2N3O5S2. The van der Waals surface area contributed by atoms with E-state index in [4.69, 9.17) is 23.2 Å². The van der Waals surface area contributed by atoms with Crippen LogP contribution in [0.15, 0.2) is 82.6 Å². The van der Waals surface area contributed by atoms with Gasteiger partial charge in [0.25, 0.3) is 0 Å². The number of rotatable bonds is 5. The van der Waals surface area contributed by atoms with Crippen LogP contribution in [0.4, 0.5) is 11.4 Å². The molecule has 202 valence electrons. The highest BCUT2D eigenvalue weighted by atomic mass is 35.5. The molecule has 6 rings (SSSR count). The van der Waals surface area contributed by atoms with Crippen molar-refractivity contribution in [2.75, 3.05) is 10.2 Å². The number of benzene rings is 3. The topological polar surface area (TPSA) is 109 Å². The lowest BCUT2D eigenvalue weighted by Crippen LogP contribution is -2.33. The highest BCUT2D eigenvalue weighted by Crippen LogP contribution is 2.55. The second-order valence-corrected chi connectivity index (χ2v) is 12.2. The predicted molar refractivity (Wildman–Crippen MR) is 156 cm³/mol. The molecule has 0 unspecified atom stereocenters. The number of anilines is 2. The van der Waals surface area contributed by atoms with Gasteiger partial charge >= 0.3 is 4.87 Å². The van der Waals surface area contributed by atoms with E-state index in [2.05, 4.69) is 5.32 Å². The van der Waals surface area contributed by atoms with Crippen molar-refractivity contribution in [3.8, 4) is 5.75 Å². The van der Waals surface area contributed by atoms with Crippen molar-refractivity contribution in [3.05, 3.63) is 103 Å². The van der Waals surface area contributed by atoms with Crippen molar-refractivity contribution in [2.24, 2.45) is 5.92 Å². The number of hydrogen-bond acceptors (Lipinski definition) is 7. The van der Waals surface area contributed by atoms with Crippen LogP contribution in [0.3, 0.4) is 0 Å². The van der Waals surface area contributed by atoms with Gasteiger partial charge in [-0.3, -0.25) is 23.7 Å². The zero-order valence-corrected chi connectivity index (χ0v) is 23.6. The van der Waals surface area contributed by atoms with Crippen LogP contribution in [0.25, 0.3) is 0 Å². The van der Waals surface area contributed by atoms with Crippen LogP contribution in [0.1, 0.15) is 16.4 Å². The molecular weight excluding hydrogens is 593 g/mol. The molecule has 2 aliphatic rings. The molecule has 2 aliphatic heterocycles. The van der Waals surface area contributed by atoms with Crippen molar-refractivity contribution >= 4 is 75.4 Å². The second-order valence-electron chi connectivity index (χ2n) is 9.25. The fourth-order valence-electron chi connectivity index (χ4n) is 5.07. The summed E-state index contributed by atoms with van der Waals surface area (Å²) in [7, 11) is 0. The van der Waals surface area contributed by atoms with Crippen molar-refractivity contribution in [2.45, 2.75) is 22.7 Å². The molecule has 0 spiro atoms. The Morgan fingerprint density at radius 1 is 0.925 bits per heavy atom. The molecule has 12 heteroatoms. The van der Waals surface area contributed by atoms with Crippen molar-refractivity contribution < 1.29 is 19.5 Å². The number of carbonyl (C=O) groups excluding carboxylic acids is 3. The summed E-state index contributed by atoms with van der Waals surface area (Å²) in [6.07, 6.45) is 0. The van der Waals surface area contributed by atoms with Gasteiger partial charge in [0.15, 0.2) is 0 Å². The minimum Gasteiger partial charge on any atom is -0.508 e. The first-order valence-corrected chi connectivity index (χ1v) is 14.6. The molecule has 1 saturated heterocycles. The van der Waals surface area contributed by atoms with E-state index < -0.39 is 39.7 Å². The fraction of sp³-hybridized carbons (Fsp3) is 0.143. The minimum absolute atomic E-state index is 0.0538. The average molecular weight is 613 g/mol. The molecule has 2 N–H and O–H groups in total. The molecule has 4 aromatic rings. The second kappa shape index (κ2) is 10.4. The Morgan fingerprint density at radius 3 is 2.38 bits per heavy atom. The number of hydrogen-bond donors (Lipinski definition) is 2. The standard InChI is InChI=1S/C28H19Cl2N3O5S2/c29-18-8-4-7-17(22(18)30)20-21-23(26(37)33(25(21)36)15-5-2-1-3-6-15)39-27-24(20)40-28(38)32(27)13-19(35)31-14-9-11-16(34)12-10-14/h1-12,20-21,23,34H,13H2,(H,31,35)/t20-,21-,23+/m0/s1. The minimum atomic E-state index is -0.847. The van der Waals surface area contributed by atoms with E-state index in [1.54, 1.807) is 48.5 Å². The molecule has 3 aromatic carbocycles. The Hall–Kier alpha value is -3.57. The molecule has 1 fully saturated rings. The normalized spacial score (nSPS) is 19.9. The van der Waals surface area contributed by atoms with Gasteiger partial charge in [-0.05, 0) is 48.0 Å². The molecule has 40 heavy (non-hydrogen) atoms. The first-order valence-electron chi connectivity index (χ1n) is 12.1. The SMILES string of the molecule is O=C(Cn1c2c(sc1=O)[C@@H](c1cccc(Cl)c1Cl)[C@@H]1C(=O)N(c3ccccc3)C(=O)[C@@H]1S2)Nc1ccc(O)cc1. The van der Waals surface area contributed by atoms with Gasteiger partial charge in [0, 0.05) is 16.5 Å². The molecule has 0 aliphatic carbocycles. The van der Waals surface area contributed by atoms with Gasteiger partial charge in [-0.15, -0.1) is 0 Å². The van der Waals surface area contributed by atoms with Crippen LogP contribution in [-0.2, 0) is 20.9 Å². The first kappa shape index (κ1) is 26.6. The Morgan fingerprint density at radius 2 is 1.65 bits per heavy atom. The number of thiazole rings is 1. The monoisotopic (exact) mass is 611 g/mol. The predicted octanol–water partition coefficient (Wildman–Crippen LogP) is 5.36. The van der Waals surface area contributed by atoms with Crippen molar-refractivity contribution in [1.29, 1.82) is 0 Å². The molecule has 1 aromatic heterocycles. The summed E-state index contributed by atoms with van der Waals surface area (Å²) < 4.78 is 1.32. The number of nitrogens with zero attached hydrogens (tertiary/aromatic N) is 2. The zero-order chi connectivity index (χ0) is 28.1. The summed E-state index contributed by atoms with van der Waals surface area (Å²) in [4.78, 5) is 55.1. The van der Waals surface area contributed by atoms with Crippen molar-refractivity contribution in [1.82, 2.24) is 4.57 Å². The van der Waals surface area contributed by atoms with E-state index in [0.717, 1.165) is 23.1 Å². The fourth-order valence-corrected chi connectivity index (χ4v) is 8.26. The maximum atomic E-state index is 13.9. The third kappa shape index (κ3) is 4.50. The van der Waals surface area contributed by atoms with Crippen LogP contribution in [-0.4, -0.2) is 32.6 Å². The summed E-state index contributed by atoms with van der Waals surface area (Å²) >= 11 is 15.0. The van der Waals surface area contributed by atoms with Gasteiger partial charge in [-0.2, -0.15) is 0 Å². The number of carbonyl (C=O) groups is 3. The largest absolute Gasteiger partial charge is 0.508 e. The van der Waals surface area contributed by atoms with Gasteiger partial charge in [0.05, 0.1) is 26.7 Å². The number of nitrogens with one attached hydrogen (secondary N) is 1. The Labute approximate surface area is 246 Å². The van der Waals surface area contributed by atoms with Crippen molar-refractivity contribution in [3.63, 3.8) is 0 Å². The maximum Gasteiger partial charge on any atom is 0.308 e. The van der Waals surface area contributed by atoms with Gasteiger partial charge in [0.2, 0.25) is 17.7 Å². The lowest BCUT2D eigenvalue weighted by molar-refractivity contribution is -0.122. The van der Waals surface area contributed by atoms with Gasteiger partial charge in [0.1, 0.15) is 17.5 Å². The first-order chi connectivity index (χ1) is 19.2. The summed E-state index contributed by atoms with van der Waals surface area (Å²) in [5, 5.41) is 12.3. The number of aromatic hydroxyl groups is 1. The molecule has 3 heterocycles. The van der Waals surface area contributed by atoms with Gasteiger partial charge in [-0.1, -0.05) is 76.6 Å². The smallest absolute Gasteiger partial charge is 0.308 e. The maximum absolute atomic E-state index is 13.9. The number of para-hydroxylation sites is 1. The lowest BCUT2D eigenvalue weighted by Gasteiger charge is -2.31. The highest BCUT2D eigenvalue weighted by Gasteiger charge is 2.57. The summed E-state index contributed by atoms with van der Waals surface area (Å²) in [5.41, 5.74) is 1.44. The highest BCUT2D eigenvalue weighted by molar-refractivity contribution is 8.00. The third-order valence-electron chi connectivity index (χ3n) is 6.83. The van der Waals surface area contributed by atoms with E-state index in [0.29, 0.717) is 26.8 Å². The molecule has 0 radical (unpaired) electrons. The van der Waals surface area contributed by atoms with Crippen LogP contribution >= 0.6 is 46.3 Å². The van der Waals surface area contributed by atoms with Crippen LogP contribution in [0, 0.1) is 5.92 Å². The van der Waals surface area contributed by atoms with E-state index in [9.17, 15) is 24.3 Å². The summed E-state index contributed by atoms with van der Waals surface area (Å²) in [6, 6.07) is 19.7. The van der Waals surface area contributed by atoms with E-state index in [-0.39, 0.29) is 22.3 Å². The number of phenols is 1. The number of amides is 3. The Kier molecular flexibility index (Phi) is 6.95. The van der Waals surface area contributed by atoms with E-state index >= 15 is 0 Å². The Bertz CT molecular complexity index is 1720.